The fourth-order valence-electron chi connectivity index (χ4n) is 9.36. The summed E-state index contributed by atoms with van der Waals surface area (Å²) in [7, 11) is 0. The van der Waals surface area contributed by atoms with Crippen LogP contribution in [0.2, 0.25) is 0 Å². The van der Waals surface area contributed by atoms with Gasteiger partial charge in [0.15, 0.2) is 6.10 Å². The van der Waals surface area contributed by atoms with Gasteiger partial charge in [-0.05, 0) is 131 Å². The molecule has 0 aliphatic carbocycles. The Hall–Kier alpha value is -6.90. The number of benzene rings is 3. The van der Waals surface area contributed by atoms with Gasteiger partial charge in [0, 0.05) is 37.5 Å². The zero-order valence-corrected chi connectivity index (χ0v) is 53.0. The lowest BCUT2D eigenvalue weighted by Crippen LogP contribution is -2.30. The Morgan fingerprint density at radius 1 is 0.310 bits per heavy atom. The molecule has 0 spiro atoms. The zero-order chi connectivity index (χ0) is 62.5. The second-order valence-electron chi connectivity index (χ2n) is 21.8. The molecule has 0 amide bonds. The topological polar surface area (TPSA) is 185 Å². The van der Waals surface area contributed by atoms with Crippen LogP contribution in [0.5, 0.6) is 17.2 Å². The summed E-state index contributed by atoms with van der Waals surface area (Å²) in [5.41, 5.74) is 2.72. The summed E-state index contributed by atoms with van der Waals surface area (Å²) in [4.78, 5) is 73.2. The quantitative estimate of drug-likeness (QED) is 0.0225. The predicted octanol–water partition coefficient (Wildman–Crippen LogP) is 16.7. The Balaban J connectivity index is 1.25. The van der Waals surface area contributed by atoms with E-state index in [0.29, 0.717) is 46.1 Å². The minimum atomic E-state index is -0.861. The van der Waals surface area contributed by atoms with E-state index in [9.17, 15) is 28.8 Å². The van der Waals surface area contributed by atoms with E-state index in [2.05, 4.69) is 0 Å². The van der Waals surface area contributed by atoms with E-state index >= 15 is 0 Å². The van der Waals surface area contributed by atoms with Crippen LogP contribution in [0, 0.1) is 0 Å². The summed E-state index contributed by atoms with van der Waals surface area (Å²) in [6.07, 6.45) is 37.4. The molecule has 0 saturated heterocycles. The average molecular weight is 1210 g/mol. The number of rotatable bonds is 53. The number of esters is 6. The molecule has 482 valence electrons. The molecule has 0 fully saturated rings. The SMILES string of the molecule is CCOC(=O)C=Cc1ccc(OCCCCCCCCCCCC(=O)OCC(COC(=O)CCCCCCCCCCCOc2ccc(C=CC(=O)OCC)cc2)OC(=O)CCCCCCCCCCCOc2ccc(C=CC(=O)OCC)cc2)cc1. The van der Waals surface area contributed by atoms with E-state index in [0.717, 1.165) is 201 Å². The maximum atomic E-state index is 13.0. The number of carbonyl (C=O) groups is 6. The van der Waals surface area contributed by atoms with E-state index in [1.165, 1.54) is 18.2 Å². The molecule has 3 aromatic rings. The first kappa shape index (κ1) is 74.4. The van der Waals surface area contributed by atoms with Gasteiger partial charge < -0.3 is 42.6 Å². The molecule has 0 aromatic heterocycles. The van der Waals surface area contributed by atoms with Crippen LogP contribution in [-0.4, -0.2) is 94.8 Å². The van der Waals surface area contributed by atoms with Crippen LogP contribution >= 0.6 is 0 Å². The van der Waals surface area contributed by atoms with Crippen molar-refractivity contribution in [3.8, 4) is 17.2 Å². The molecule has 0 atom stereocenters. The molecule has 0 heterocycles. The van der Waals surface area contributed by atoms with Crippen molar-refractivity contribution in [2.45, 2.75) is 219 Å². The van der Waals surface area contributed by atoms with Crippen molar-refractivity contribution in [1.29, 1.82) is 0 Å². The summed E-state index contributed by atoms with van der Waals surface area (Å²) in [5.74, 6) is 0.284. The minimum absolute atomic E-state index is 0.151. The first-order valence-electron chi connectivity index (χ1n) is 32.8. The van der Waals surface area contributed by atoms with Crippen molar-refractivity contribution in [2.24, 2.45) is 0 Å². The molecule has 15 nitrogen and oxygen atoms in total. The Morgan fingerprint density at radius 3 is 0.816 bits per heavy atom. The third kappa shape index (κ3) is 41.8. The fourth-order valence-corrected chi connectivity index (χ4v) is 9.36. The summed E-state index contributed by atoms with van der Waals surface area (Å²) in [6, 6.07) is 22.9. The van der Waals surface area contributed by atoms with Crippen molar-refractivity contribution < 1.29 is 71.4 Å². The van der Waals surface area contributed by atoms with Gasteiger partial charge in [-0.2, -0.15) is 0 Å². The van der Waals surface area contributed by atoms with Crippen LogP contribution in [-0.2, 0) is 57.2 Å². The van der Waals surface area contributed by atoms with Gasteiger partial charge in [-0.25, -0.2) is 14.4 Å². The van der Waals surface area contributed by atoms with Gasteiger partial charge in [-0.1, -0.05) is 171 Å². The maximum Gasteiger partial charge on any atom is 0.330 e. The van der Waals surface area contributed by atoms with Crippen molar-refractivity contribution >= 4 is 54.0 Å². The Bertz CT molecular complexity index is 2260. The molecule has 87 heavy (non-hydrogen) atoms. The molecule has 3 aromatic carbocycles. The minimum Gasteiger partial charge on any atom is -0.494 e. The largest absolute Gasteiger partial charge is 0.494 e. The van der Waals surface area contributed by atoms with Crippen LogP contribution in [0.25, 0.3) is 18.2 Å². The first-order valence-corrected chi connectivity index (χ1v) is 32.8. The third-order valence-electron chi connectivity index (χ3n) is 14.3. The fraction of sp³-hybridized carbons (Fsp3) is 0.583. The number of hydrogen-bond acceptors (Lipinski definition) is 15. The molecule has 0 bridgehead atoms. The highest BCUT2D eigenvalue weighted by Gasteiger charge is 2.20. The van der Waals surface area contributed by atoms with E-state index in [4.69, 9.17) is 42.6 Å². The molecule has 0 aliphatic heterocycles. The van der Waals surface area contributed by atoms with Gasteiger partial charge in [-0.15, -0.1) is 0 Å². The average Bonchev–Trinajstić information content (AvgIpc) is 3.64. The van der Waals surface area contributed by atoms with E-state index < -0.39 is 6.10 Å². The molecule has 0 unspecified atom stereocenters. The number of carbonyl (C=O) groups excluding carboxylic acids is 6. The van der Waals surface area contributed by atoms with Gasteiger partial charge in [-0.3, -0.25) is 14.4 Å². The lowest BCUT2D eigenvalue weighted by atomic mass is 10.1. The van der Waals surface area contributed by atoms with Crippen LogP contribution < -0.4 is 14.2 Å². The molecular weight excluding hydrogens is 1100 g/mol. The summed E-state index contributed by atoms with van der Waals surface area (Å²) >= 11 is 0. The lowest BCUT2D eigenvalue weighted by Gasteiger charge is -2.18. The smallest absolute Gasteiger partial charge is 0.330 e. The highest BCUT2D eigenvalue weighted by Crippen LogP contribution is 2.20. The van der Waals surface area contributed by atoms with Crippen molar-refractivity contribution in [3.63, 3.8) is 0 Å². The first-order chi connectivity index (χ1) is 42.6. The number of hydrogen-bond donors (Lipinski definition) is 0. The highest BCUT2D eigenvalue weighted by atomic mass is 16.6. The number of unbranched alkanes of at least 4 members (excludes halogenated alkanes) is 24. The second-order valence-corrected chi connectivity index (χ2v) is 21.8. The Labute approximate surface area is 520 Å². The van der Waals surface area contributed by atoms with Crippen LogP contribution in [0.3, 0.4) is 0 Å². The summed E-state index contributed by atoms with van der Waals surface area (Å²) in [5, 5.41) is 0. The van der Waals surface area contributed by atoms with Crippen LogP contribution in [0.4, 0.5) is 0 Å². The molecule has 3 rings (SSSR count). The molecule has 0 aliphatic rings. The monoisotopic (exact) mass is 1210 g/mol. The third-order valence-corrected chi connectivity index (χ3v) is 14.3. The van der Waals surface area contributed by atoms with Gasteiger partial charge in [0.1, 0.15) is 30.5 Å². The van der Waals surface area contributed by atoms with Gasteiger partial charge in [0.05, 0.1) is 39.6 Å². The van der Waals surface area contributed by atoms with Crippen molar-refractivity contribution in [1.82, 2.24) is 0 Å². The summed E-state index contributed by atoms with van der Waals surface area (Å²) < 4.78 is 49.3. The standard InChI is InChI=1S/C72H104O15/c1-4-79-69(75)52-43-60-37-46-63(47-38-60)82-55-31-25-19-13-7-10-16-22-28-34-67(73)85-58-66(87-72(78)36-30-24-18-12-9-15-21-27-33-57-84-65-50-41-62(42-51-65)45-54-71(77)81-6-3)59-86-68(74)35-29-23-17-11-8-14-20-26-32-56-83-64-48-39-61(40-49-64)44-53-70(76)80-5-2/h37-54,66H,4-36,55-59H2,1-3H3. The highest BCUT2D eigenvalue weighted by molar-refractivity contribution is 5.88. The molecule has 0 N–H and O–H groups in total. The molecule has 15 heteroatoms. The van der Waals surface area contributed by atoms with Crippen molar-refractivity contribution in [2.75, 3.05) is 52.9 Å². The zero-order valence-electron chi connectivity index (χ0n) is 53.0. The molecule has 0 radical (unpaired) electrons. The van der Waals surface area contributed by atoms with Gasteiger partial charge in [0.25, 0.3) is 0 Å². The number of ether oxygens (including phenoxy) is 9. The second kappa shape index (κ2) is 51.2. The summed E-state index contributed by atoms with van der Waals surface area (Å²) in [6.45, 7) is 8.07. The molecular formula is C72H104O15. The Kier molecular flexibility index (Phi) is 43.7. The van der Waals surface area contributed by atoms with E-state index in [1.54, 1.807) is 39.0 Å². The van der Waals surface area contributed by atoms with Crippen LogP contribution in [0.1, 0.15) is 230 Å². The predicted molar refractivity (Wildman–Crippen MR) is 343 cm³/mol. The van der Waals surface area contributed by atoms with Crippen molar-refractivity contribution in [3.05, 3.63) is 108 Å². The maximum absolute atomic E-state index is 13.0. The van der Waals surface area contributed by atoms with E-state index in [1.807, 2.05) is 72.8 Å². The van der Waals surface area contributed by atoms with Crippen LogP contribution in [0.15, 0.2) is 91.0 Å². The van der Waals surface area contributed by atoms with Gasteiger partial charge in [0.2, 0.25) is 0 Å². The van der Waals surface area contributed by atoms with E-state index in [-0.39, 0.29) is 68.3 Å². The Morgan fingerprint density at radius 2 is 0.552 bits per heavy atom. The normalized spacial score (nSPS) is 11.6. The van der Waals surface area contributed by atoms with Gasteiger partial charge >= 0.3 is 35.8 Å². The molecule has 0 saturated carbocycles. The lowest BCUT2D eigenvalue weighted by molar-refractivity contribution is -0.167.